The molecule has 0 radical (unpaired) electrons. The Morgan fingerprint density at radius 1 is 1.26 bits per heavy atom. The monoisotopic (exact) mass is 458 g/mol. The van der Waals surface area contributed by atoms with Crippen molar-refractivity contribution in [2.45, 2.75) is 25.9 Å². The molecule has 2 heterocycles. The fourth-order valence-corrected chi connectivity index (χ4v) is 4.38. The van der Waals surface area contributed by atoms with E-state index in [1.165, 1.54) is 11.3 Å². The van der Waals surface area contributed by atoms with Gasteiger partial charge in [-0.15, -0.1) is 0 Å². The van der Waals surface area contributed by atoms with Crippen LogP contribution in [0.5, 0.6) is 0 Å². The Labute approximate surface area is 188 Å². The molecule has 0 unspecified atom stereocenters. The lowest BCUT2D eigenvalue weighted by atomic mass is 10.1. The summed E-state index contributed by atoms with van der Waals surface area (Å²) in [6.45, 7) is 2.22. The summed E-state index contributed by atoms with van der Waals surface area (Å²) in [6.07, 6.45) is 0.784. The molecule has 0 aliphatic rings. The van der Waals surface area contributed by atoms with Crippen molar-refractivity contribution in [3.63, 3.8) is 0 Å². The number of aryl methyl sites for hydroxylation is 1. The Balaban J connectivity index is 1.48. The second kappa shape index (κ2) is 9.32. The number of ketones is 1. The van der Waals surface area contributed by atoms with Crippen LogP contribution >= 0.6 is 22.9 Å². The Kier molecular flexibility index (Phi) is 6.52. The standard InChI is InChI=1S/C22H23ClN4O3S/c1-13(12-28)30-9-3-4-19(29)14-5-8-18-17(10-14)24-21(27(18)2)26-22-25-16-7-6-15(23)11-20(16)31-22/h5-8,10-11,13,28H,3-4,9,12H2,1-2H3,(H,24,25,26)/t13-/m1/s1. The number of ether oxygens (including phenoxy) is 1. The fourth-order valence-electron chi connectivity index (χ4n) is 3.25. The maximum Gasteiger partial charge on any atom is 0.209 e. The van der Waals surface area contributed by atoms with Gasteiger partial charge in [-0.3, -0.25) is 4.79 Å². The summed E-state index contributed by atoms with van der Waals surface area (Å²) in [4.78, 5) is 21.8. The number of fused-ring (bicyclic) bond motifs is 2. The summed E-state index contributed by atoms with van der Waals surface area (Å²) in [5.74, 6) is 0.696. The van der Waals surface area contributed by atoms with E-state index in [4.69, 9.17) is 21.4 Å². The average molecular weight is 459 g/mol. The Morgan fingerprint density at radius 3 is 2.90 bits per heavy atom. The number of Topliss-reactive ketones (excluding diaryl/α,β-unsaturated/α-hetero) is 1. The molecule has 9 heteroatoms. The molecule has 4 rings (SSSR count). The van der Waals surface area contributed by atoms with Gasteiger partial charge in [-0.2, -0.15) is 0 Å². The molecule has 7 nitrogen and oxygen atoms in total. The second-order valence-corrected chi connectivity index (χ2v) is 8.81. The highest BCUT2D eigenvalue weighted by molar-refractivity contribution is 7.22. The number of nitrogens with one attached hydrogen (secondary N) is 1. The number of aliphatic hydroxyl groups is 1. The van der Waals surface area contributed by atoms with E-state index in [9.17, 15) is 4.79 Å². The van der Waals surface area contributed by atoms with Crippen molar-refractivity contribution >= 4 is 61.1 Å². The number of thiazole rings is 1. The molecule has 2 N–H and O–H groups in total. The van der Waals surface area contributed by atoms with E-state index >= 15 is 0 Å². The van der Waals surface area contributed by atoms with Crippen LogP contribution in [-0.2, 0) is 11.8 Å². The van der Waals surface area contributed by atoms with E-state index in [1.807, 2.05) is 48.0 Å². The minimum Gasteiger partial charge on any atom is -0.394 e. The third-order valence-corrected chi connectivity index (χ3v) is 6.15. The lowest BCUT2D eigenvalue weighted by molar-refractivity contribution is 0.0233. The number of aliphatic hydroxyl groups excluding tert-OH is 1. The minimum atomic E-state index is -0.210. The summed E-state index contributed by atoms with van der Waals surface area (Å²) in [5.41, 5.74) is 3.16. The second-order valence-electron chi connectivity index (χ2n) is 7.34. The van der Waals surface area contributed by atoms with Crippen LogP contribution in [0.4, 0.5) is 11.1 Å². The van der Waals surface area contributed by atoms with Gasteiger partial charge in [-0.25, -0.2) is 9.97 Å². The summed E-state index contributed by atoms with van der Waals surface area (Å²) in [5, 5.41) is 13.6. The van der Waals surface area contributed by atoms with Gasteiger partial charge in [0.2, 0.25) is 5.95 Å². The molecule has 0 saturated carbocycles. The summed E-state index contributed by atoms with van der Waals surface area (Å²) < 4.78 is 8.35. The fraction of sp³-hybridized carbons (Fsp3) is 0.318. The molecule has 31 heavy (non-hydrogen) atoms. The molecule has 4 aromatic rings. The molecule has 0 saturated heterocycles. The van der Waals surface area contributed by atoms with Crippen molar-refractivity contribution in [2.24, 2.45) is 7.05 Å². The maximum atomic E-state index is 12.5. The van der Waals surface area contributed by atoms with E-state index in [-0.39, 0.29) is 18.5 Å². The van der Waals surface area contributed by atoms with Crippen molar-refractivity contribution in [3.05, 3.63) is 47.0 Å². The van der Waals surface area contributed by atoms with Crippen molar-refractivity contribution < 1.29 is 14.6 Å². The van der Waals surface area contributed by atoms with Crippen molar-refractivity contribution in [2.75, 3.05) is 18.5 Å². The van der Waals surface area contributed by atoms with Gasteiger partial charge >= 0.3 is 0 Å². The van der Waals surface area contributed by atoms with Gasteiger partial charge in [0, 0.05) is 30.7 Å². The number of hydrogen-bond acceptors (Lipinski definition) is 7. The van der Waals surface area contributed by atoms with E-state index in [1.54, 1.807) is 6.92 Å². The number of benzene rings is 2. The number of aromatic nitrogens is 3. The van der Waals surface area contributed by atoms with Gasteiger partial charge in [-0.05, 0) is 49.7 Å². The van der Waals surface area contributed by atoms with Crippen LogP contribution in [0.3, 0.4) is 0 Å². The number of carbonyl (C=O) groups excluding carboxylic acids is 1. The molecular formula is C22H23ClN4O3S. The van der Waals surface area contributed by atoms with Gasteiger partial charge in [0.05, 0.1) is 34.0 Å². The van der Waals surface area contributed by atoms with Crippen molar-refractivity contribution in [1.82, 2.24) is 14.5 Å². The van der Waals surface area contributed by atoms with Gasteiger partial charge in [0.15, 0.2) is 10.9 Å². The first-order valence-electron chi connectivity index (χ1n) is 10.00. The number of rotatable bonds is 9. The van der Waals surface area contributed by atoms with Crippen LogP contribution < -0.4 is 5.32 Å². The van der Waals surface area contributed by atoms with Gasteiger partial charge in [0.25, 0.3) is 0 Å². The van der Waals surface area contributed by atoms with E-state index < -0.39 is 0 Å². The third kappa shape index (κ3) is 4.88. The van der Waals surface area contributed by atoms with Gasteiger partial charge < -0.3 is 19.7 Å². The number of nitrogens with zero attached hydrogens (tertiary/aromatic N) is 3. The van der Waals surface area contributed by atoms with Crippen LogP contribution in [0, 0.1) is 0 Å². The van der Waals surface area contributed by atoms with E-state index in [0.717, 1.165) is 26.4 Å². The Morgan fingerprint density at radius 2 is 2.10 bits per heavy atom. The third-order valence-electron chi connectivity index (χ3n) is 4.98. The number of carbonyl (C=O) groups is 1. The normalized spacial score (nSPS) is 12.5. The smallest absolute Gasteiger partial charge is 0.209 e. The Bertz CT molecular complexity index is 1240. The predicted octanol–water partition coefficient (Wildman–Crippen LogP) is 4.94. The first-order valence-corrected chi connectivity index (χ1v) is 11.2. The number of halogens is 1. The average Bonchev–Trinajstić information content (AvgIpc) is 3.30. The van der Waals surface area contributed by atoms with Crippen LogP contribution in [0.2, 0.25) is 5.02 Å². The number of hydrogen-bond donors (Lipinski definition) is 2. The molecule has 0 spiro atoms. The minimum absolute atomic E-state index is 0.0224. The molecule has 0 bridgehead atoms. The van der Waals surface area contributed by atoms with Crippen molar-refractivity contribution in [1.29, 1.82) is 0 Å². The molecule has 0 aliphatic heterocycles. The SMILES string of the molecule is C[C@H](CO)OCCCC(=O)c1ccc2c(c1)nc(Nc1nc3ccc(Cl)cc3s1)n2C. The first-order chi connectivity index (χ1) is 14.9. The highest BCUT2D eigenvalue weighted by atomic mass is 35.5. The molecule has 0 amide bonds. The maximum absolute atomic E-state index is 12.5. The Hall–Kier alpha value is -2.52. The zero-order valence-corrected chi connectivity index (χ0v) is 18.8. The van der Waals surface area contributed by atoms with Crippen LogP contribution in [-0.4, -0.2) is 44.7 Å². The lowest BCUT2D eigenvalue weighted by Gasteiger charge is -2.09. The van der Waals surface area contributed by atoms with Crippen LogP contribution in [0.25, 0.3) is 21.3 Å². The molecular weight excluding hydrogens is 436 g/mol. The largest absolute Gasteiger partial charge is 0.394 e. The molecule has 162 valence electrons. The molecule has 0 fully saturated rings. The van der Waals surface area contributed by atoms with Gasteiger partial charge in [-0.1, -0.05) is 22.9 Å². The zero-order chi connectivity index (χ0) is 22.0. The van der Waals surface area contributed by atoms with E-state index in [0.29, 0.717) is 36.0 Å². The summed E-state index contributed by atoms with van der Waals surface area (Å²) >= 11 is 7.57. The molecule has 0 aliphatic carbocycles. The van der Waals surface area contributed by atoms with Crippen molar-refractivity contribution in [3.8, 4) is 0 Å². The quantitative estimate of drug-likeness (QED) is 0.273. The summed E-state index contributed by atoms with van der Waals surface area (Å²) in [7, 11) is 1.92. The molecule has 2 aromatic carbocycles. The highest BCUT2D eigenvalue weighted by Crippen LogP contribution is 2.31. The topological polar surface area (TPSA) is 89.3 Å². The summed E-state index contributed by atoms with van der Waals surface area (Å²) in [6, 6.07) is 11.2. The van der Waals surface area contributed by atoms with E-state index in [2.05, 4.69) is 15.3 Å². The molecule has 1 atom stereocenters. The van der Waals surface area contributed by atoms with Gasteiger partial charge in [0.1, 0.15) is 0 Å². The lowest BCUT2D eigenvalue weighted by Crippen LogP contribution is -2.14. The predicted molar refractivity (Wildman–Crippen MR) is 125 cm³/mol. The van der Waals surface area contributed by atoms with Crippen LogP contribution in [0.15, 0.2) is 36.4 Å². The zero-order valence-electron chi connectivity index (χ0n) is 17.3. The van der Waals surface area contributed by atoms with Crippen LogP contribution in [0.1, 0.15) is 30.1 Å². The highest BCUT2D eigenvalue weighted by Gasteiger charge is 2.14. The first kappa shape index (κ1) is 21.7. The number of anilines is 2. The number of imidazole rings is 1. The molecule has 2 aromatic heterocycles.